The SMILES string of the molecule is CO[C@@H](CO)[C@@H](O)Cc1cnc([C@@H](O)[C@H](O)[C@H](O)CO)cn1. The van der Waals surface area contributed by atoms with Crippen LogP contribution in [0.3, 0.4) is 0 Å². The maximum Gasteiger partial charge on any atom is 0.126 e. The Morgan fingerprint density at radius 1 is 1.00 bits per heavy atom. The number of aliphatic hydroxyl groups is 6. The van der Waals surface area contributed by atoms with E-state index in [0.29, 0.717) is 5.69 Å². The van der Waals surface area contributed by atoms with Crippen LogP contribution in [0.2, 0.25) is 0 Å². The summed E-state index contributed by atoms with van der Waals surface area (Å²) in [6.45, 7) is -1.04. The highest BCUT2D eigenvalue weighted by Crippen LogP contribution is 2.16. The first-order valence-corrected chi connectivity index (χ1v) is 6.72. The van der Waals surface area contributed by atoms with Gasteiger partial charge in [-0.2, -0.15) is 0 Å². The largest absolute Gasteiger partial charge is 0.394 e. The van der Waals surface area contributed by atoms with Crippen LogP contribution in [0.4, 0.5) is 0 Å². The lowest BCUT2D eigenvalue weighted by Gasteiger charge is -2.21. The lowest BCUT2D eigenvalue weighted by Crippen LogP contribution is -2.35. The average Bonchev–Trinajstić information content (AvgIpc) is 2.54. The van der Waals surface area contributed by atoms with Crippen molar-refractivity contribution in [2.24, 2.45) is 0 Å². The highest BCUT2D eigenvalue weighted by Gasteiger charge is 2.27. The Hall–Kier alpha value is -1.20. The van der Waals surface area contributed by atoms with E-state index >= 15 is 0 Å². The van der Waals surface area contributed by atoms with Gasteiger partial charge in [-0.15, -0.1) is 0 Å². The van der Waals surface area contributed by atoms with Gasteiger partial charge in [0.2, 0.25) is 0 Å². The van der Waals surface area contributed by atoms with Crippen LogP contribution in [0.5, 0.6) is 0 Å². The third-order valence-corrected chi connectivity index (χ3v) is 3.26. The molecule has 1 rings (SSSR count). The fourth-order valence-electron chi connectivity index (χ4n) is 1.82. The monoisotopic (exact) mass is 318 g/mol. The smallest absolute Gasteiger partial charge is 0.126 e. The Bertz CT molecular complexity index is 427. The Balaban J connectivity index is 2.70. The summed E-state index contributed by atoms with van der Waals surface area (Å²) < 4.78 is 4.89. The molecule has 0 aliphatic rings. The van der Waals surface area contributed by atoms with Crippen LogP contribution < -0.4 is 0 Å². The molecule has 0 amide bonds. The number of methoxy groups -OCH3 is 1. The normalized spacial score (nSPS) is 18.5. The minimum Gasteiger partial charge on any atom is -0.394 e. The van der Waals surface area contributed by atoms with Crippen molar-refractivity contribution in [3.8, 4) is 0 Å². The molecular formula is C13H22N2O7. The molecule has 1 heterocycles. The fraction of sp³-hybridized carbons (Fsp3) is 0.692. The molecule has 0 saturated carbocycles. The summed E-state index contributed by atoms with van der Waals surface area (Å²) in [7, 11) is 1.36. The van der Waals surface area contributed by atoms with Crippen LogP contribution >= 0.6 is 0 Å². The van der Waals surface area contributed by atoms with E-state index in [2.05, 4.69) is 9.97 Å². The number of aliphatic hydroxyl groups excluding tert-OH is 6. The number of hydrogen-bond donors (Lipinski definition) is 6. The number of hydrogen-bond acceptors (Lipinski definition) is 9. The standard InChI is InChI=1S/C13H22N2O7/c1-22-11(6-17)9(18)2-7-3-15-8(4-14-7)12(20)13(21)10(19)5-16/h3-4,9-13,16-21H,2,5-6H2,1H3/t9-,10+,11-,12+,13+/m0/s1. The van der Waals surface area contributed by atoms with Crippen molar-refractivity contribution in [3.05, 3.63) is 23.8 Å². The molecule has 6 N–H and O–H groups in total. The van der Waals surface area contributed by atoms with E-state index in [1.54, 1.807) is 0 Å². The lowest BCUT2D eigenvalue weighted by molar-refractivity contribution is -0.0790. The van der Waals surface area contributed by atoms with Gasteiger partial charge >= 0.3 is 0 Å². The molecule has 0 aliphatic heterocycles. The Kier molecular flexibility index (Phi) is 7.76. The van der Waals surface area contributed by atoms with E-state index in [0.717, 1.165) is 0 Å². The van der Waals surface area contributed by atoms with Crippen molar-refractivity contribution in [1.29, 1.82) is 0 Å². The maximum absolute atomic E-state index is 9.83. The molecular weight excluding hydrogens is 296 g/mol. The molecule has 1 aromatic rings. The summed E-state index contributed by atoms with van der Waals surface area (Å²) in [4.78, 5) is 7.88. The van der Waals surface area contributed by atoms with Crippen molar-refractivity contribution in [2.75, 3.05) is 20.3 Å². The number of ether oxygens (including phenoxy) is 1. The van der Waals surface area contributed by atoms with Crippen LogP contribution in [0.1, 0.15) is 17.5 Å². The molecule has 0 aromatic carbocycles. The number of aromatic nitrogens is 2. The second-order valence-electron chi connectivity index (χ2n) is 4.85. The summed E-state index contributed by atoms with van der Waals surface area (Å²) in [5.41, 5.74) is 0.417. The van der Waals surface area contributed by atoms with Gasteiger partial charge in [0.25, 0.3) is 0 Å². The van der Waals surface area contributed by atoms with E-state index in [1.807, 2.05) is 0 Å². The van der Waals surface area contributed by atoms with Gasteiger partial charge in [-0.25, -0.2) is 0 Å². The molecule has 126 valence electrons. The third kappa shape index (κ3) is 4.92. The summed E-state index contributed by atoms with van der Waals surface area (Å²) in [6, 6.07) is 0. The van der Waals surface area contributed by atoms with Crippen LogP contribution in [-0.2, 0) is 11.2 Å². The molecule has 0 fully saturated rings. The minimum absolute atomic E-state index is 0.0173. The molecule has 0 aliphatic carbocycles. The van der Waals surface area contributed by atoms with E-state index in [4.69, 9.17) is 14.9 Å². The van der Waals surface area contributed by atoms with Crippen molar-refractivity contribution in [3.63, 3.8) is 0 Å². The number of nitrogens with zero attached hydrogens (tertiary/aromatic N) is 2. The molecule has 0 bridgehead atoms. The molecule has 9 nitrogen and oxygen atoms in total. The van der Waals surface area contributed by atoms with Crippen LogP contribution in [0, 0.1) is 0 Å². The highest BCUT2D eigenvalue weighted by atomic mass is 16.5. The second kappa shape index (κ2) is 9.06. The summed E-state index contributed by atoms with van der Waals surface area (Å²) >= 11 is 0. The maximum atomic E-state index is 9.83. The van der Waals surface area contributed by atoms with E-state index < -0.39 is 37.1 Å². The average molecular weight is 318 g/mol. The van der Waals surface area contributed by atoms with Crippen LogP contribution in [0.15, 0.2) is 12.4 Å². The van der Waals surface area contributed by atoms with Crippen molar-refractivity contribution in [2.45, 2.75) is 36.9 Å². The van der Waals surface area contributed by atoms with Gasteiger partial charge in [0, 0.05) is 19.7 Å². The predicted molar refractivity (Wildman–Crippen MR) is 73.7 cm³/mol. The summed E-state index contributed by atoms with van der Waals surface area (Å²) in [6.07, 6.45) is -3.73. The van der Waals surface area contributed by atoms with E-state index in [9.17, 15) is 20.4 Å². The molecule has 22 heavy (non-hydrogen) atoms. The second-order valence-corrected chi connectivity index (χ2v) is 4.85. The molecule has 5 atom stereocenters. The first-order valence-electron chi connectivity index (χ1n) is 6.72. The summed E-state index contributed by atoms with van der Waals surface area (Å²) in [5, 5.41) is 56.2. The fourth-order valence-corrected chi connectivity index (χ4v) is 1.82. The van der Waals surface area contributed by atoms with Crippen LogP contribution in [-0.4, -0.2) is 85.3 Å². The van der Waals surface area contributed by atoms with E-state index in [1.165, 1.54) is 19.5 Å². The molecule has 0 radical (unpaired) electrons. The third-order valence-electron chi connectivity index (χ3n) is 3.26. The van der Waals surface area contributed by atoms with Gasteiger partial charge in [-0.05, 0) is 0 Å². The minimum atomic E-state index is -1.59. The lowest BCUT2D eigenvalue weighted by atomic mass is 10.1. The molecule has 0 unspecified atom stereocenters. The van der Waals surface area contributed by atoms with Crippen LogP contribution in [0.25, 0.3) is 0 Å². The van der Waals surface area contributed by atoms with Crippen molar-refractivity contribution >= 4 is 0 Å². The summed E-state index contributed by atoms with van der Waals surface area (Å²) in [5.74, 6) is 0. The first kappa shape index (κ1) is 18.8. The quantitative estimate of drug-likeness (QED) is 0.282. The Labute approximate surface area is 127 Å². The Morgan fingerprint density at radius 3 is 2.14 bits per heavy atom. The number of rotatable bonds is 9. The van der Waals surface area contributed by atoms with Gasteiger partial charge in [0.15, 0.2) is 0 Å². The molecule has 0 saturated heterocycles. The van der Waals surface area contributed by atoms with Gasteiger partial charge in [0.05, 0.1) is 36.9 Å². The van der Waals surface area contributed by atoms with Gasteiger partial charge in [0.1, 0.15) is 24.4 Å². The zero-order valence-corrected chi connectivity index (χ0v) is 12.1. The molecule has 0 spiro atoms. The predicted octanol–water partition coefficient (Wildman–Crippen LogP) is -2.87. The van der Waals surface area contributed by atoms with Crippen molar-refractivity contribution < 1.29 is 35.4 Å². The topological polar surface area (TPSA) is 156 Å². The Morgan fingerprint density at radius 2 is 1.68 bits per heavy atom. The van der Waals surface area contributed by atoms with Crippen molar-refractivity contribution in [1.82, 2.24) is 9.97 Å². The zero-order valence-electron chi connectivity index (χ0n) is 12.1. The van der Waals surface area contributed by atoms with Gasteiger partial charge in [-0.1, -0.05) is 0 Å². The zero-order chi connectivity index (χ0) is 16.7. The van der Waals surface area contributed by atoms with Gasteiger partial charge < -0.3 is 35.4 Å². The van der Waals surface area contributed by atoms with Gasteiger partial charge in [-0.3, -0.25) is 9.97 Å². The highest BCUT2D eigenvalue weighted by molar-refractivity contribution is 5.08. The first-order chi connectivity index (χ1) is 10.4. The molecule has 9 heteroatoms. The van der Waals surface area contributed by atoms with E-state index in [-0.39, 0.29) is 18.7 Å². The molecule has 1 aromatic heterocycles.